The van der Waals surface area contributed by atoms with Gasteiger partial charge in [-0.2, -0.15) is 0 Å². The molecule has 0 N–H and O–H groups in total. The molecule has 0 bridgehead atoms. The van der Waals surface area contributed by atoms with Crippen molar-refractivity contribution >= 4 is 64.8 Å². The van der Waals surface area contributed by atoms with E-state index in [1.165, 1.54) is 156 Å². The van der Waals surface area contributed by atoms with Crippen LogP contribution in [0, 0.1) is 5.41 Å². The highest BCUT2D eigenvalue weighted by Crippen LogP contribution is 2.62. The van der Waals surface area contributed by atoms with Crippen LogP contribution in [0.4, 0.5) is 0 Å². The SMILES string of the molecule is CC1=Cc2c(-c3ccccc3)cccc2C1C(C)(C)C1C(C)=Cc2c(-c3ccccc3)cccc21.CC1=Cc2c(-c3ccccc3)cccc2C1CC1C(C)=Cc2c(-c3ccccc3)cccc21.CC1=Cc2c(C(C)C)cccc2C1[Si](C)(C)C1C(C)=Cc2c(C(C)C)cccc21.CC1=Cc2c(cccc2C(C)(C)C)C1[Si](C)(C)C1C(C)=Cc2c1cccc2C(C)(C)C. The maximum absolute atomic E-state index is 2.63. The molecule has 0 nitrogen and oxygen atoms in total. The van der Waals surface area contributed by atoms with Gasteiger partial charge in [0.2, 0.25) is 0 Å². The number of hydrogen-bond acceptors (Lipinski definition) is 0. The van der Waals surface area contributed by atoms with Gasteiger partial charge in [0.1, 0.15) is 0 Å². The van der Waals surface area contributed by atoms with E-state index in [0.717, 1.165) is 6.42 Å². The molecule has 8 aliphatic carbocycles. The molecule has 0 amide bonds. The van der Waals surface area contributed by atoms with E-state index in [1.807, 2.05) is 0 Å². The second-order valence-corrected chi connectivity index (χ2v) is 52.9. The van der Waals surface area contributed by atoms with E-state index in [9.17, 15) is 0 Å². The Morgan fingerprint density at radius 3 is 0.758 bits per heavy atom. The predicted octanol–water partition coefficient (Wildman–Crippen LogP) is 36.1. The fourth-order valence-corrected chi connectivity index (χ4v) is 35.6. The second-order valence-electron chi connectivity index (χ2n) is 43.3. The summed E-state index contributed by atoms with van der Waals surface area (Å²) in [6.07, 6.45) is 20.9. The summed E-state index contributed by atoms with van der Waals surface area (Å²) in [5.74, 6) is 2.81. The number of fused-ring (bicyclic) bond motifs is 8. The van der Waals surface area contributed by atoms with Gasteiger partial charge in [0, 0.05) is 45.8 Å². The van der Waals surface area contributed by atoms with E-state index in [4.69, 9.17) is 0 Å². The molecule has 0 fully saturated rings. The summed E-state index contributed by atoms with van der Waals surface area (Å²) in [5, 5.41) is 0. The Bertz CT molecular complexity index is 6160. The van der Waals surface area contributed by atoms with Crippen molar-refractivity contribution < 1.29 is 0 Å². The molecule has 0 radical (unpaired) electrons. The summed E-state index contributed by atoms with van der Waals surface area (Å²) in [4.78, 5) is 0. The van der Waals surface area contributed by atoms with Crippen LogP contribution in [0.15, 0.2) is 312 Å². The summed E-state index contributed by atoms with van der Waals surface area (Å²) in [6, 6.07) is 98.8. The van der Waals surface area contributed by atoms with Crippen molar-refractivity contribution in [3.63, 3.8) is 0 Å². The van der Waals surface area contributed by atoms with E-state index < -0.39 is 16.1 Å². The molecule has 8 aliphatic rings. The Morgan fingerprint density at radius 1 is 0.234 bits per heavy atom. The second kappa shape index (κ2) is 34.8. The van der Waals surface area contributed by atoms with Gasteiger partial charge < -0.3 is 0 Å². The van der Waals surface area contributed by atoms with Gasteiger partial charge in [-0.15, -0.1) is 0 Å². The van der Waals surface area contributed by atoms with Gasteiger partial charge >= 0.3 is 0 Å². The van der Waals surface area contributed by atoms with E-state index in [0.29, 0.717) is 57.7 Å². The van der Waals surface area contributed by atoms with Gasteiger partial charge in [-0.3, -0.25) is 0 Å². The lowest BCUT2D eigenvalue weighted by atomic mass is 9.62. The topological polar surface area (TPSA) is 0 Å². The van der Waals surface area contributed by atoms with Crippen molar-refractivity contribution in [3.8, 4) is 44.5 Å². The largest absolute Gasteiger partial charge is 0.0722 e. The lowest BCUT2D eigenvalue weighted by molar-refractivity contribution is 0.275. The first-order valence-corrected chi connectivity index (χ1v) is 54.1. The summed E-state index contributed by atoms with van der Waals surface area (Å²) >= 11 is 0. The van der Waals surface area contributed by atoms with Gasteiger partial charge in [0.15, 0.2) is 0 Å². The minimum atomic E-state index is -1.77. The number of allylic oxidation sites excluding steroid dienone is 8. The van der Waals surface area contributed by atoms with Crippen LogP contribution in [0.1, 0.15) is 314 Å². The first kappa shape index (κ1) is 89.0. The number of benzene rings is 12. The highest BCUT2D eigenvalue weighted by Gasteiger charge is 2.51. The number of hydrogen-bond donors (Lipinski definition) is 0. The summed E-state index contributed by atoms with van der Waals surface area (Å²) in [7, 11) is -3.48. The smallest absolute Gasteiger partial charge is 0.0679 e. The van der Waals surface area contributed by atoms with Gasteiger partial charge in [-0.1, -0.05) is 469 Å². The van der Waals surface area contributed by atoms with E-state index >= 15 is 0 Å². The minimum absolute atomic E-state index is 0.0300. The van der Waals surface area contributed by atoms with E-state index in [-0.39, 0.29) is 16.2 Å². The van der Waals surface area contributed by atoms with E-state index in [1.54, 1.807) is 44.5 Å². The quantitative estimate of drug-likeness (QED) is 0.0952. The molecular weight excluding hydrogens is 1570 g/mol. The minimum Gasteiger partial charge on any atom is -0.0679 e. The molecule has 0 spiro atoms. The molecule has 8 atom stereocenters. The third-order valence-corrected chi connectivity index (χ3v) is 39.8. The monoisotopic (exact) mass is 1710 g/mol. The summed E-state index contributed by atoms with van der Waals surface area (Å²) in [6.45, 7) is 57.6. The Hall–Kier alpha value is -11.0. The Labute approximate surface area is 771 Å². The molecule has 8 unspecified atom stereocenters. The average molecular weight is 1710 g/mol. The zero-order chi connectivity index (χ0) is 90.5. The molecule has 0 saturated carbocycles. The lowest BCUT2D eigenvalue weighted by Gasteiger charge is -2.41. The summed E-state index contributed by atoms with van der Waals surface area (Å²) < 4.78 is 0. The molecule has 12 aromatic carbocycles. The van der Waals surface area contributed by atoms with Crippen LogP contribution < -0.4 is 0 Å². The van der Waals surface area contributed by atoms with Gasteiger partial charge in [0.25, 0.3) is 0 Å². The standard InChI is InChI=1S/C35H32.C33H28.C30H40Si.C28H36Si/c1-23-21-31-27(25-13-7-5-8-14-25)17-11-19-29(31)33(23)35(3,4)34-24(2)22-32-28(18-12-20-30(32)34)26-15-9-6-10-16-26;1-22-19-32-26(24-11-5-3-6-12-24)15-9-17-28(32)30(22)21-31-23(2)20-33-27(16-10-18-29(31)33)25-13-7-4-8-14-25;1-19-17-23-21(13-11-15-25(23)29(3,4)5)27(19)31(9,10)28-20(2)18-24-22(28)14-12-16-26(24)30(6,7)8;1-17(2)21-11-9-13-23-25(21)15-19(5)27(23)29(7,8)28-20(6)16-26-22(18(3)4)12-10-14-24(26)28/h5-22,33-34H,1-4H3;3-20,30-31H,21H2,1-2H3;11-18,27-28H,1-10H3;9-18,27-28H,1-8H3. The van der Waals surface area contributed by atoms with E-state index in [2.05, 4.69) is 480 Å². The first-order valence-electron chi connectivity index (χ1n) is 47.8. The third-order valence-electron chi connectivity index (χ3n) is 30.7. The van der Waals surface area contributed by atoms with Crippen LogP contribution in [0.5, 0.6) is 0 Å². The van der Waals surface area contributed by atoms with Crippen molar-refractivity contribution in [2.24, 2.45) is 5.41 Å². The molecule has 12 aromatic rings. The predicted molar refractivity (Wildman–Crippen MR) is 563 cm³/mol. The molecule has 0 aliphatic heterocycles. The molecule has 0 aromatic heterocycles. The lowest BCUT2D eigenvalue weighted by Crippen LogP contribution is -2.42. The molecule has 0 heterocycles. The maximum Gasteiger partial charge on any atom is 0.0722 e. The zero-order valence-corrected chi connectivity index (χ0v) is 83.0. The maximum atomic E-state index is 2.63. The zero-order valence-electron chi connectivity index (χ0n) is 81.0. The Kier molecular flexibility index (Phi) is 24.2. The molecular formula is C126H136Si2. The van der Waals surface area contributed by atoms with Gasteiger partial charge in [-0.05, 0) is 246 Å². The normalized spacial score (nSPS) is 19.6. The van der Waals surface area contributed by atoms with Crippen LogP contribution >= 0.6 is 0 Å². The first-order chi connectivity index (χ1) is 61.1. The highest BCUT2D eigenvalue weighted by atomic mass is 28.3. The van der Waals surface area contributed by atoms with Crippen molar-refractivity contribution in [1.29, 1.82) is 0 Å². The molecule has 128 heavy (non-hydrogen) atoms. The van der Waals surface area contributed by atoms with Crippen LogP contribution in [0.2, 0.25) is 26.2 Å². The van der Waals surface area contributed by atoms with Crippen LogP contribution in [0.3, 0.4) is 0 Å². The van der Waals surface area contributed by atoms with Crippen molar-refractivity contribution in [2.75, 3.05) is 0 Å². The van der Waals surface area contributed by atoms with Crippen LogP contribution in [-0.4, -0.2) is 16.1 Å². The van der Waals surface area contributed by atoms with Crippen LogP contribution in [-0.2, 0) is 10.8 Å². The molecule has 2 heteroatoms. The Balaban J connectivity index is 0.000000120. The van der Waals surface area contributed by atoms with Crippen molar-refractivity contribution in [2.45, 2.75) is 240 Å². The average Bonchev–Trinajstić information content (AvgIpc) is 1.59. The fourth-order valence-electron chi connectivity index (χ4n) is 25.7. The molecule has 20 rings (SSSR count). The summed E-state index contributed by atoms with van der Waals surface area (Å²) in [5.41, 5.74) is 55.3. The van der Waals surface area contributed by atoms with Crippen molar-refractivity contribution in [3.05, 3.63) is 423 Å². The number of rotatable bonds is 14. The fraction of sp³-hybridized carbons (Fsp3) is 0.302. The Morgan fingerprint density at radius 2 is 0.469 bits per heavy atom. The highest BCUT2D eigenvalue weighted by molar-refractivity contribution is 6.82. The van der Waals surface area contributed by atoms with Crippen molar-refractivity contribution in [1.82, 2.24) is 0 Å². The molecule has 648 valence electrons. The molecule has 0 saturated heterocycles. The van der Waals surface area contributed by atoms with Gasteiger partial charge in [-0.25, -0.2) is 0 Å². The van der Waals surface area contributed by atoms with Crippen LogP contribution in [0.25, 0.3) is 93.1 Å². The third kappa shape index (κ3) is 16.1. The van der Waals surface area contributed by atoms with Gasteiger partial charge in [0.05, 0.1) is 16.1 Å².